The van der Waals surface area contributed by atoms with Crippen LogP contribution in [0.1, 0.15) is 30.1 Å². The van der Waals surface area contributed by atoms with Gasteiger partial charge in [0.1, 0.15) is 4.90 Å². The molecule has 5 nitrogen and oxygen atoms in total. The lowest BCUT2D eigenvalue weighted by atomic mass is 9.99. The summed E-state index contributed by atoms with van der Waals surface area (Å²) >= 11 is 6.27. The predicted octanol–water partition coefficient (Wildman–Crippen LogP) is 4.59. The number of piperidine rings is 1. The van der Waals surface area contributed by atoms with Gasteiger partial charge >= 0.3 is 0 Å². The summed E-state index contributed by atoms with van der Waals surface area (Å²) < 4.78 is 28.1. The molecule has 7 heteroatoms. The molecule has 0 aromatic heterocycles. The van der Waals surface area contributed by atoms with Crippen LogP contribution in [0.2, 0.25) is 5.02 Å². The van der Waals surface area contributed by atoms with Gasteiger partial charge in [0.05, 0.1) is 17.3 Å². The van der Waals surface area contributed by atoms with Gasteiger partial charge in [0.15, 0.2) is 0 Å². The third-order valence-electron chi connectivity index (χ3n) is 5.03. The van der Waals surface area contributed by atoms with Crippen LogP contribution in [0.4, 0.5) is 5.69 Å². The summed E-state index contributed by atoms with van der Waals surface area (Å²) in [5, 5.41) is 0.0820. The van der Waals surface area contributed by atoms with Crippen LogP contribution in [-0.4, -0.2) is 38.9 Å². The van der Waals surface area contributed by atoms with Gasteiger partial charge in [-0.3, -0.25) is 9.10 Å². The maximum atomic E-state index is 13.4. The van der Waals surface area contributed by atoms with Gasteiger partial charge in [-0.15, -0.1) is 6.58 Å². The summed E-state index contributed by atoms with van der Waals surface area (Å²) in [5.41, 5.74) is 0.832. The van der Waals surface area contributed by atoms with E-state index >= 15 is 0 Å². The first-order valence-corrected chi connectivity index (χ1v) is 11.4. The van der Waals surface area contributed by atoms with Crippen molar-refractivity contribution >= 4 is 33.2 Å². The number of para-hydroxylation sites is 1. The van der Waals surface area contributed by atoms with Gasteiger partial charge < -0.3 is 4.90 Å². The second-order valence-corrected chi connectivity index (χ2v) is 9.54. The molecule has 1 unspecified atom stereocenters. The molecular weight excluding hydrogens is 408 g/mol. The Morgan fingerprint density at radius 2 is 2.00 bits per heavy atom. The molecule has 0 bridgehead atoms. The van der Waals surface area contributed by atoms with Gasteiger partial charge in [0.2, 0.25) is 0 Å². The van der Waals surface area contributed by atoms with Gasteiger partial charge in [0, 0.05) is 18.7 Å². The van der Waals surface area contributed by atoms with E-state index in [4.69, 9.17) is 11.6 Å². The summed E-state index contributed by atoms with van der Waals surface area (Å²) in [6.45, 7) is 7.23. The average Bonchev–Trinajstić information content (AvgIpc) is 2.72. The Kier molecular flexibility index (Phi) is 6.65. The summed E-state index contributed by atoms with van der Waals surface area (Å²) in [4.78, 5) is 14.7. The number of hydrogen-bond donors (Lipinski definition) is 0. The van der Waals surface area contributed by atoms with Gasteiger partial charge in [-0.1, -0.05) is 42.8 Å². The van der Waals surface area contributed by atoms with Crippen LogP contribution in [0.5, 0.6) is 0 Å². The first-order valence-electron chi connectivity index (χ1n) is 9.62. The van der Waals surface area contributed by atoms with Crippen LogP contribution < -0.4 is 4.31 Å². The molecule has 29 heavy (non-hydrogen) atoms. The Balaban J connectivity index is 1.99. The highest BCUT2D eigenvalue weighted by molar-refractivity contribution is 7.93. The average molecular weight is 433 g/mol. The molecule has 3 rings (SSSR count). The Morgan fingerprint density at radius 1 is 1.28 bits per heavy atom. The van der Waals surface area contributed by atoms with Crippen molar-refractivity contribution in [3.63, 3.8) is 0 Å². The zero-order valence-electron chi connectivity index (χ0n) is 16.4. The molecule has 0 saturated carbocycles. The van der Waals surface area contributed by atoms with Crippen LogP contribution in [0.3, 0.4) is 0 Å². The number of likely N-dealkylation sites (tertiary alicyclic amines) is 1. The lowest BCUT2D eigenvalue weighted by Gasteiger charge is -2.31. The van der Waals surface area contributed by atoms with E-state index < -0.39 is 10.0 Å². The Morgan fingerprint density at radius 3 is 2.66 bits per heavy atom. The molecule has 1 aliphatic heterocycles. The van der Waals surface area contributed by atoms with Crippen molar-refractivity contribution in [2.75, 3.05) is 23.9 Å². The van der Waals surface area contributed by atoms with E-state index in [0.29, 0.717) is 30.3 Å². The van der Waals surface area contributed by atoms with Crippen LogP contribution >= 0.6 is 11.6 Å². The minimum Gasteiger partial charge on any atom is -0.338 e. The molecule has 0 aliphatic carbocycles. The fourth-order valence-corrected chi connectivity index (χ4v) is 5.50. The van der Waals surface area contributed by atoms with Gasteiger partial charge in [-0.05, 0) is 49.1 Å². The number of carbonyl (C=O) groups is 1. The topological polar surface area (TPSA) is 57.7 Å². The van der Waals surface area contributed by atoms with Crippen molar-refractivity contribution in [1.29, 1.82) is 0 Å². The highest BCUT2D eigenvalue weighted by Crippen LogP contribution is 2.30. The first kappa shape index (κ1) is 21.4. The molecule has 1 saturated heterocycles. The minimum absolute atomic E-state index is 0.0820. The van der Waals surface area contributed by atoms with Crippen LogP contribution in [0, 0.1) is 5.92 Å². The Bertz CT molecular complexity index is 992. The van der Waals surface area contributed by atoms with Crippen molar-refractivity contribution in [2.45, 2.75) is 24.7 Å². The van der Waals surface area contributed by atoms with Crippen LogP contribution in [0.25, 0.3) is 0 Å². The van der Waals surface area contributed by atoms with Gasteiger partial charge in [-0.25, -0.2) is 8.42 Å². The molecule has 1 aliphatic rings. The number of carbonyl (C=O) groups excluding carboxylic acids is 1. The number of halogens is 1. The molecule has 0 radical (unpaired) electrons. The van der Waals surface area contributed by atoms with Crippen LogP contribution in [-0.2, 0) is 10.0 Å². The van der Waals surface area contributed by atoms with E-state index in [1.165, 1.54) is 22.5 Å². The van der Waals surface area contributed by atoms with Crippen molar-refractivity contribution < 1.29 is 13.2 Å². The molecule has 0 N–H and O–H groups in total. The molecule has 1 fully saturated rings. The Hall–Kier alpha value is -2.31. The van der Waals surface area contributed by atoms with Crippen LogP contribution in [0.15, 0.2) is 66.1 Å². The molecule has 154 valence electrons. The second kappa shape index (κ2) is 9.01. The standard InChI is InChI=1S/C22H25ClN2O3S/c1-3-13-25(19-9-5-4-6-10-19)29(27,28)21-15-18(11-12-20(21)23)22(26)24-14-7-8-17(2)16-24/h3-6,9-12,15,17H,1,7-8,13-14,16H2,2H3. The largest absolute Gasteiger partial charge is 0.338 e. The molecule has 1 heterocycles. The minimum atomic E-state index is -3.99. The highest BCUT2D eigenvalue weighted by atomic mass is 35.5. The van der Waals surface area contributed by atoms with E-state index in [1.807, 2.05) is 6.07 Å². The molecular formula is C22H25ClN2O3S. The maximum absolute atomic E-state index is 13.4. The first-order chi connectivity index (χ1) is 13.8. The zero-order chi connectivity index (χ0) is 21.0. The smallest absolute Gasteiger partial charge is 0.266 e. The summed E-state index contributed by atoms with van der Waals surface area (Å²) in [5.74, 6) is 0.268. The lowest BCUT2D eigenvalue weighted by Crippen LogP contribution is -2.39. The SMILES string of the molecule is C=CCN(c1ccccc1)S(=O)(=O)c1cc(C(=O)N2CCCC(C)C2)ccc1Cl. The van der Waals surface area contributed by atoms with Crippen molar-refractivity contribution in [2.24, 2.45) is 5.92 Å². The monoisotopic (exact) mass is 432 g/mol. The number of benzene rings is 2. The summed E-state index contributed by atoms with van der Waals surface area (Å²) in [6, 6.07) is 13.2. The maximum Gasteiger partial charge on any atom is 0.266 e. The molecule has 1 amide bonds. The summed E-state index contributed by atoms with van der Waals surface area (Å²) in [6.07, 6.45) is 3.56. The fraction of sp³-hybridized carbons (Fsp3) is 0.318. The van der Waals surface area contributed by atoms with E-state index in [1.54, 1.807) is 35.2 Å². The quantitative estimate of drug-likeness (QED) is 0.627. The van der Waals surface area contributed by atoms with Gasteiger partial charge in [-0.2, -0.15) is 0 Å². The summed E-state index contributed by atoms with van der Waals surface area (Å²) in [7, 11) is -3.99. The predicted molar refractivity (Wildman–Crippen MR) is 117 cm³/mol. The van der Waals surface area contributed by atoms with Gasteiger partial charge in [0.25, 0.3) is 15.9 Å². The number of nitrogens with zero attached hydrogens (tertiary/aromatic N) is 2. The normalized spacial score (nSPS) is 17.0. The van der Waals surface area contributed by atoms with Crippen molar-refractivity contribution in [1.82, 2.24) is 4.90 Å². The molecule has 1 atom stereocenters. The second-order valence-electron chi connectivity index (χ2n) is 7.30. The third kappa shape index (κ3) is 4.65. The van der Waals surface area contributed by atoms with Crippen molar-refractivity contribution in [3.8, 4) is 0 Å². The number of amides is 1. The highest BCUT2D eigenvalue weighted by Gasteiger charge is 2.29. The number of anilines is 1. The van der Waals surface area contributed by atoms with Crippen molar-refractivity contribution in [3.05, 3.63) is 71.8 Å². The Labute approximate surface area is 177 Å². The fourth-order valence-electron chi connectivity index (χ4n) is 3.56. The molecule has 2 aromatic carbocycles. The number of hydrogen-bond acceptors (Lipinski definition) is 3. The number of rotatable bonds is 6. The number of sulfonamides is 1. The molecule has 2 aromatic rings. The van der Waals surface area contributed by atoms with E-state index in [-0.39, 0.29) is 22.4 Å². The zero-order valence-corrected chi connectivity index (χ0v) is 18.0. The third-order valence-corrected chi connectivity index (χ3v) is 7.30. The molecule has 0 spiro atoms. The lowest BCUT2D eigenvalue weighted by molar-refractivity contribution is 0.0683. The van der Waals surface area contributed by atoms with E-state index in [9.17, 15) is 13.2 Å². The van der Waals surface area contributed by atoms with E-state index in [2.05, 4.69) is 13.5 Å². The van der Waals surface area contributed by atoms with E-state index in [0.717, 1.165) is 12.8 Å².